The van der Waals surface area contributed by atoms with Crippen LogP contribution < -0.4 is 0 Å². The van der Waals surface area contributed by atoms with Gasteiger partial charge in [-0.1, -0.05) is 61.9 Å². The molecule has 0 nitrogen and oxygen atoms in total. The average molecular weight is 384 g/mol. The van der Waals surface area contributed by atoms with Crippen molar-refractivity contribution in [3.63, 3.8) is 0 Å². The standard InChI is InChI=1S/C17H18.2ClH.Zr/c1-2-13-11-15-9-6-10-16(17(15)12-13)14-7-4-3-5-8-14;;;/h3-10,13H,2,11-12H2,1H3;2*1H;/q;;;+2/p-2. The van der Waals surface area contributed by atoms with Crippen molar-refractivity contribution in [3.05, 3.63) is 59.7 Å². The molecule has 2 aromatic rings. The van der Waals surface area contributed by atoms with Crippen LogP contribution in [0.4, 0.5) is 0 Å². The van der Waals surface area contributed by atoms with Crippen LogP contribution in [0.2, 0.25) is 0 Å². The maximum atomic E-state index is 4.93. The van der Waals surface area contributed by atoms with E-state index < -0.39 is 20.8 Å². The normalized spacial score (nSPS) is 16.1. The molecule has 0 aromatic heterocycles. The van der Waals surface area contributed by atoms with Crippen molar-refractivity contribution in [1.82, 2.24) is 0 Å². The van der Waals surface area contributed by atoms with Gasteiger partial charge in [0.05, 0.1) is 0 Å². The number of hydrogen-bond acceptors (Lipinski definition) is 0. The minimum atomic E-state index is -0.826. The summed E-state index contributed by atoms with van der Waals surface area (Å²) in [6.45, 7) is 2.30. The number of fused-ring (bicyclic) bond motifs is 1. The fourth-order valence-electron chi connectivity index (χ4n) is 2.92. The summed E-state index contributed by atoms with van der Waals surface area (Å²) in [5, 5.41) is 0. The van der Waals surface area contributed by atoms with Gasteiger partial charge in [-0.25, -0.2) is 0 Å². The van der Waals surface area contributed by atoms with E-state index in [1.807, 2.05) is 0 Å². The van der Waals surface area contributed by atoms with E-state index in [1.54, 1.807) is 11.1 Å². The van der Waals surface area contributed by atoms with Crippen LogP contribution in [0.25, 0.3) is 11.1 Å². The second-order valence-corrected chi connectivity index (χ2v) is 8.79. The van der Waals surface area contributed by atoms with Gasteiger partial charge < -0.3 is 0 Å². The van der Waals surface area contributed by atoms with Gasteiger partial charge in [0.1, 0.15) is 0 Å². The van der Waals surface area contributed by atoms with Crippen molar-refractivity contribution < 1.29 is 20.8 Å². The molecule has 20 heavy (non-hydrogen) atoms. The van der Waals surface area contributed by atoms with Crippen LogP contribution in [0, 0.1) is 5.92 Å². The summed E-state index contributed by atoms with van der Waals surface area (Å²) in [4.78, 5) is 0. The average Bonchev–Trinajstić information content (AvgIpc) is 2.92. The maximum absolute atomic E-state index is 4.93. The number of benzene rings is 2. The first-order valence-corrected chi connectivity index (χ1v) is 13.3. The molecule has 104 valence electrons. The van der Waals surface area contributed by atoms with Gasteiger partial charge in [-0.15, -0.1) is 0 Å². The Morgan fingerprint density at radius 1 is 1.00 bits per heavy atom. The van der Waals surface area contributed by atoms with Crippen molar-refractivity contribution in [2.75, 3.05) is 0 Å². The molecule has 3 rings (SSSR count). The molecule has 0 N–H and O–H groups in total. The Labute approximate surface area is 140 Å². The van der Waals surface area contributed by atoms with Crippen LogP contribution in [0.5, 0.6) is 0 Å². The molecule has 0 radical (unpaired) electrons. The number of halogens is 2. The first-order chi connectivity index (χ1) is 9.80. The van der Waals surface area contributed by atoms with Crippen molar-refractivity contribution in [3.8, 4) is 11.1 Å². The summed E-state index contributed by atoms with van der Waals surface area (Å²) < 4.78 is 0. The molecule has 3 heteroatoms. The van der Waals surface area contributed by atoms with E-state index >= 15 is 0 Å². The molecule has 0 bridgehead atoms. The molecule has 0 heterocycles. The molecule has 1 aliphatic rings. The Morgan fingerprint density at radius 2 is 1.70 bits per heavy atom. The molecule has 0 saturated heterocycles. The molecular weight excluding hydrogens is 366 g/mol. The predicted molar refractivity (Wildman–Crippen MR) is 84.8 cm³/mol. The monoisotopic (exact) mass is 382 g/mol. The second kappa shape index (κ2) is 8.37. The van der Waals surface area contributed by atoms with Crippen LogP contribution in [0.15, 0.2) is 48.5 Å². The molecule has 0 amide bonds. The third kappa shape index (κ3) is 3.97. The van der Waals surface area contributed by atoms with Crippen molar-refractivity contribution >= 4 is 17.0 Å². The SMILES string of the molecule is CCC1Cc2cccc(-c3ccccc3)c2C1.[Cl][Zr][Cl]. The summed E-state index contributed by atoms with van der Waals surface area (Å²) >= 11 is -0.826. The first-order valence-electron chi connectivity index (χ1n) is 6.92. The van der Waals surface area contributed by atoms with Gasteiger partial charge in [0.2, 0.25) is 0 Å². The van der Waals surface area contributed by atoms with Crippen molar-refractivity contribution in [2.24, 2.45) is 5.92 Å². The van der Waals surface area contributed by atoms with E-state index in [4.69, 9.17) is 17.0 Å². The van der Waals surface area contributed by atoms with Crippen LogP contribution in [0.1, 0.15) is 24.5 Å². The van der Waals surface area contributed by atoms with Gasteiger partial charge in [0, 0.05) is 0 Å². The molecule has 1 atom stereocenters. The molecule has 0 saturated carbocycles. The van der Waals surface area contributed by atoms with Crippen molar-refractivity contribution in [1.29, 1.82) is 0 Å². The van der Waals surface area contributed by atoms with E-state index in [0.29, 0.717) is 0 Å². The Morgan fingerprint density at radius 3 is 2.35 bits per heavy atom. The van der Waals surface area contributed by atoms with E-state index in [1.165, 1.54) is 30.4 Å². The van der Waals surface area contributed by atoms with Gasteiger partial charge in [-0.05, 0) is 41.0 Å². The van der Waals surface area contributed by atoms with Gasteiger partial charge in [0.25, 0.3) is 0 Å². The molecule has 0 aliphatic heterocycles. The number of rotatable bonds is 2. The molecule has 0 spiro atoms. The second-order valence-electron chi connectivity index (χ2n) is 5.06. The van der Waals surface area contributed by atoms with Gasteiger partial charge >= 0.3 is 37.9 Å². The Hall–Kier alpha value is -0.0969. The van der Waals surface area contributed by atoms with Gasteiger partial charge in [0.15, 0.2) is 0 Å². The van der Waals surface area contributed by atoms with E-state index in [-0.39, 0.29) is 0 Å². The summed E-state index contributed by atoms with van der Waals surface area (Å²) in [6, 6.07) is 17.6. The molecule has 0 fully saturated rings. The zero-order valence-corrected chi connectivity index (χ0v) is 15.5. The Bertz CT molecular complexity index is 540. The topological polar surface area (TPSA) is 0 Å². The van der Waals surface area contributed by atoms with Crippen molar-refractivity contribution in [2.45, 2.75) is 26.2 Å². The fraction of sp³-hybridized carbons (Fsp3) is 0.294. The molecule has 2 aromatic carbocycles. The molecule has 1 unspecified atom stereocenters. The van der Waals surface area contributed by atoms with E-state index in [9.17, 15) is 0 Å². The summed E-state index contributed by atoms with van der Waals surface area (Å²) in [5.41, 5.74) is 5.96. The van der Waals surface area contributed by atoms with E-state index in [2.05, 4.69) is 55.5 Å². The van der Waals surface area contributed by atoms with Crippen LogP contribution in [-0.2, 0) is 33.7 Å². The molecule has 1 aliphatic carbocycles. The molecular formula is C17H18Cl2Zr. The van der Waals surface area contributed by atoms with Crippen LogP contribution >= 0.6 is 17.0 Å². The predicted octanol–water partition coefficient (Wildman–Crippen LogP) is 5.85. The van der Waals surface area contributed by atoms with Gasteiger partial charge in [-0.2, -0.15) is 0 Å². The Kier molecular flexibility index (Phi) is 6.81. The first kappa shape index (κ1) is 16.3. The Balaban J connectivity index is 0.000000452. The summed E-state index contributed by atoms with van der Waals surface area (Å²) in [7, 11) is 9.87. The van der Waals surface area contributed by atoms with Gasteiger partial charge in [-0.3, -0.25) is 0 Å². The summed E-state index contributed by atoms with van der Waals surface area (Å²) in [6.07, 6.45) is 3.83. The quantitative estimate of drug-likeness (QED) is 0.609. The zero-order valence-electron chi connectivity index (χ0n) is 11.6. The van der Waals surface area contributed by atoms with Crippen LogP contribution in [0.3, 0.4) is 0 Å². The number of hydrogen-bond donors (Lipinski definition) is 0. The zero-order chi connectivity index (χ0) is 14.4. The minimum absolute atomic E-state index is 0.826. The van der Waals surface area contributed by atoms with Crippen LogP contribution in [-0.4, -0.2) is 0 Å². The van der Waals surface area contributed by atoms with E-state index in [0.717, 1.165) is 5.92 Å². The third-order valence-corrected chi connectivity index (χ3v) is 3.94. The fourth-order valence-corrected chi connectivity index (χ4v) is 2.92. The summed E-state index contributed by atoms with van der Waals surface area (Å²) in [5.74, 6) is 0.856. The third-order valence-electron chi connectivity index (χ3n) is 3.94.